The van der Waals surface area contributed by atoms with Gasteiger partial charge in [0, 0.05) is 5.56 Å². The number of carbonyl (C=O) groups is 1. The Hall–Kier alpha value is -2.81. The van der Waals surface area contributed by atoms with Gasteiger partial charge in [-0.25, -0.2) is 0 Å². The summed E-state index contributed by atoms with van der Waals surface area (Å²) in [5, 5.41) is 4.95. The molecule has 1 amide bonds. The van der Waals surface area contributed by atoms with E-state index < -0.39 is 0 Å². The van der Waals surface area contributed by atoms with Gasteiger partial charge in [-0.1, -0.05) is 54.6 Å². The average Bonchev–Trinajstić information content (AvgIpc) is 2.59. The number of aryl methyl sites for hydroxylation is 1. The maximum Gasteiger partial charge on any atom is 0.252 e. The second kappa shape index (κ2) is 6.97. The van der Waals surface area contributed by atoms with E-state index in [2.05, 4.69) is 5.32 Å². The van der Waals surface area contributed by atoms with E-state index in [1.807, 2.05) is 73.7 Å². The smallest absolute Gasteiger partial charge is 0.252 e. The number of para-hydroxylation sites is 1. The second-order valence-corrected chi connectivity index (χ2v) is 5.40. The molecule has 3 nitrogen and oxygen atoms in total. The molecule has 0 radical (unpaired) electrons. The molecule has 0 saturated heterocycles. The zero-order chi connectivity index (χ0) is 16.1. The van der Waals surface area contributed by atoms with Gasteiger partial charge in [0.1, 0.15) is 12.4 Å². The molecule has 0 saturated carbocycles. The first-order chi connectivity index (χ1) is 11.3. The van der Waals surface area contributed by atoms with E-state index in [0.29, 0.717) is 18.7 Å². The van der Waals surface area contributed by atoms with E-state index in [0.717, 1.165) is 22.1 Å². The summed E-state index contributed by atoms with van der Waals surface area (Å²) in [5.41, 5.74) is 1.78. The van der Waals surface area contributed by atoms with Crippen molar-refractivity contribution >= 4 is 16.7 Å². The van der Waals surface area contributed by atoms with Gasteiger partial charge in [-0.2, -0.15) is 0 Å². The predicted octanol–water partition coefficient (Wildman–Crippen LogP) is 3.96. The molecule has 0 aliphatic carbocycles. The molecule has 0 aromatic heterocycles. The van der Waals surface area contributed by atoms with Crippen LogP contribution in [-0.4, -0.2) is 19.1 Å². The number of rotatable bonds is 5. The van der Waals surface area contributed by atoms with Crippen LogP contribution in [0.5, 0.6) is 5.75 Å². The van der Waals surface area contributed by atoms with Crippen molar-refractivity contribution in [3.05, 3.63) is 77.9 Å². The molecule has 3 aromatic carbocycles. The first kappa shape index (κ1) is 15.1. The lowest BCUT2D eigenvalue weighted by Gasteiger charge is -2.10. The fourth-order valence-corrected chi connectivity index (χ4v) is 2.56. The number of nitrogens with one attached hydrogen (secondary N) is 1. The van der Waals surface area contributed by atoms with Gasteiger partial charge in [-0.3, -0.25) is 4.79 Å². The minimum absolute atomic E-state index is 0.0739. The molecule has 0 fully saturated rings. The monoisotopic (exact) mass is 305 g/mol. The fraction of sp³-hybridized carbons (Fsp3) is 0.150. The molecule has 116 valence electrons. The van der Waals surface area contributed by atoms with Crippen LogP contribution in [0.3, 0.4) is 0 Å². The van der Waals surface area contributed by atoms with Gasteiger partial charge >= 0.3 is 0 Å². The van der Waals surface area contributed by atoms with E-state index in [9.17, 15) is 4.79 Å². The molecular weight excluding hydrogens is 286 g/mol. The van der Waals surface area contributed by atoms with Crippen molar-refractivity contribution in [2.75, 3.05) is 13.2 Å². The van der Waals surface area contributed by atoms with Crippen LogP contribution in [0.25, 0.3) is 10.8 Å². The van der Waals surface area contributed by atoms with E-state index in [1.165, 1.54) is 0 Å². The van der Waals surface area contributed by atoms with Crippen LogP contribution < -0.4 is 10.1 Å². The summed E-state index contributed by atoms with van der Waals surface area (Å²) in [6, 6.07) is 21.5. The van der Waals surface area contributed by atoms with Gasteiger partial charge < -0.3 is 10.1 Å². The van der Waals surface area contributed by atoms with Crippen LogP contribution in [0.2, 0.25) is 0 Å². The molecule has 3 rings (SSSR count). The molecule has 0 aliphatic rings. The Morgan fingerprint density at radius 2 is 1.70 bits per heavy atom. The lowest BCUT2D eigenvalue weighted by atomic mass is 10.0. The van der Waals surface area contributed by atoms with E-state index >= 15 is 0 Å². The highest BCUT2D eigenvalue weighted by Crippen LogP contribution is 2.18. The lowest BCUT2D eigenvalue weighted by Crippen LogP contribution is -2.28. The number of hydrogen-bond donors (Lipinski definition) is 1. The minimum Gasteiger partial charge on any atom is -0.491 e. The van der Waals surface area contributed by atoms with Crippen LogP contribution in [0.1, 0.15) is 15.9 Å². The molecule has 0 spiro atoms. The van der Waals surface area contributed by atoms with Crippen LogP contribution in [0, 0.1) is 6.92 Å². The van der Waals surface area contributed by atoms with Gasteiger partial charge in [-0.05, 0) is 35.4 Å². The Morgan fingerprint density at radius 3 is 2.57 bits per heavy atom. The molecule has 23 heavy (non-hydrogen) atoms. The number of carbonyl (C=O) groups excluding carboxylic acids is 1. The maximum absolute atomic E-state index is 12.4. The van der Waals surface area contributed by atoms with Gasteiger partial charge in [0.2, 0.25) is 0 Å². The standard InChI is InChI=1S/C20H19NO2/c1-15-7-2-5-12-19(15)23-14-13-21-20(22)18-11-6-9-16-8-3-4-10-17(16)18/h2-12H,13-14H2,1H3,(H,21,22). The minimum atomic E-state index is -0.0739. The number of fused-ring (bicyclic) bond motifs is 1. The molecule has 0 heterocycles. The van der Waals surface area contributed by atoms with E-state index in [-0.39, 0.29) is 5.91 Å². The summed E-state index contributed by atoms with van der Waals surface area (Å²) in [5.74, 6) is 0.780. The molecule has 0 bridgehead atoms. The van der Waals surface area contributed by atoms with E-state index in [1.54, 1.807) is 0 Å². The van der Waals surface area contributed by atoms with Gasteiger partial charge in [0.05, 0.1) is 6.54 Å². The van der Waals surface area contributed by atoms with Crippen LogP contribution in [0.15, 0.2) is 66.7 Å². The lowest BCUT2D eigenvalue weighted by molar-refractivity contribution is 0.0948. The third kappa shape index (κ3) is 3.51. The third-order valence-electron chi connectivity index (χ3n) is 3.77. The molecule has 3 aromatic rings. The van der Waals surface area contributed by atoms with Gasteiger partial charge in [-0.15, -0.1) is 0 Å². The number of ether oxygens (including phenoxy) is 1. The molecule has 3 heteroatoms. The fourth-order valence-electron chi connectivity index (χ4n) is 2.56. The Kier molecular flexibility index (Phi) is 4.57. The SMILES string of the molecule is Cc1ccccc1OCCNC(=O)c1cccc2ccccc12. The summed E-state index contributed by atoms with van der Waals surface area (Å²) in [4.78, 5) is 12.4. The molecule has 1 N–H and O–H groups in total. The Morgan fingerprint density at radius 1 is 0.957 bits per heavy atom. The summed E-state index contributed by atoms with van der Waals surface area (Å²) in [6.45, 7) is 2.92. The van der Waals surface area contributed by atoms with Gasteiger partial charge in [0.25, 0.3) is 5.91 Å². The molecule has 0 atom stereocenters. The van der Waals surface area contributed by atoms with Gasteiger partial charge in [0.15, 0.2) is 0 Å². The number of amides is 1. The highest BCUT2D eigenvalue weighted by molar-refractivity contribution is 6.06. The van der Waals surface area contributed by atoms with Crippen molar-refractivity contribution in [1.82, 2.24) is 5.32 Å². The summed E-state index contributed by atoms with van der Waals surface area (Å²) < 4.78 is 5.70. The molecular formula is C20H19NO2. The summed E-state index contributed by atoms with van der Waals surface area (Å²) in [7, 11) is 0. The normalized spacial score (nSPS) is 10.5. The highest BCUT2D eigenvalue weighted by Gasteiger charge is 2.08. The van der Waals surface area contributed by atoms with Crippen molar-refractivity contribution in [3.8, 4) is 5.75 Å². The van der Waals surface area contributed by atoms with Crippen LogP contribution in [0.4, 0.5) is 0 Å². The van der Waals surface area contributed by atoms with Crippen LogP contribution in [-0.2, 0) is 0 Å². The highest BCUT2D eigenvalue weighted by atomic mass is 16.5. The summed E-state index contributed by atoms with van der Waals surface area (Å²) in [6.07, 6.45) is 0. The van der Waals surface area contributed by atoms with Crippen molar-refractivity contribution < 1.29 is 9.53 Å². The first-order valence-corrected chi connectivity index (χ1v) is 7.70. The molecule has 0 unspecified atom stereocenters. The van der Waals surface area contributed by atoms with Crippen molar-refractivity contribution in [2.24, 2.45) is 0 Å². The third-order valence-corrected chi connectivity index (χ3v) is 3.77. The van der Waals surface area contributed by atoms with E-state index in [4.69, 9.17) is 4.74 Å². The zero-order valence-electron chi connectivity index (χ0n) is 13.1. The van der Waals surface area contributed by atoms with Crippen LogP contribution >= 0.6 is 0 Å². The van der Waals surface area contributed by atoms with Crippen molar-refractivity contribution in [3.63, 3.8) is 0 Å². The maximum atomic E-state index is 12.4. The molecule has 0 aliphatic heterocycles. The number of benzene rings is 3. The predicted molar refractivity (Wildman–Crippen MR) is 93.0 cm³/mol. The largest absolute Gasteiger partial charge is 0.491 e. The average molecular weight is 305 g/mol. The quantitative estimate of drug-likeness (QED) is 0.725. The summed E-state index contributed by atoms with van der Waals surface area (Å²) >= 11 is 0. The Labute approximate surface area is 135 Å². The topological polar surface area (TPSA) is 38.3 Å². The van der Waals surface area contributed by atoms with Crippen molar-refractivity contribution in [2.45, 2.75) is 6.92 Å². The zero-order valence-corrected chi connectivity index (χ0v) is 13.1. The number of hydrogen-bond acceptors (Lipinski definition) is 2. The first-order valence-electron chi connectivity index (χ1n) is 7.70. The Balaban J connectivity index is 1.60. The van der Waals surface area contributed by atoms with Crippen molar-refractivity contribution in [1.29, 1.82) is 0 Å². The second-order valence-electron chi connectivity index (χ2n) is 5.40. The Bertz CT molecular complexity index is 821.